The lowest BCUT2D eigenvalue weighted by atomic mass is 9.63. The minimum absolute atomic E-state index is 0.00960. The third-order valence-electron chi connectivity index (χ3n) is 6.86. The standard InChI is InChI=1S/C27H34N2O7/c1-25(2)10-11-26(3,4)20-12-16(6-9-19(20)25)21(29-34)14-35-17-7-8-18(22(30)13-17)23(31)36-15-27(5,28)24(32)33/h6-9,12-13,30,34H,10-11,14-15,28H2,1-5H3,(H,32,33). The summed E-state index contributed by atoms with van der Waals surface area (Å²) in [5.41, 5.74) is 7.23. The largest absolute Gasteiger partial charge is 0.507 e. The smallest absolute Gasteiger partial charge is 0.341 e. The summed E-state index contributed by atoms with van der Waals surface area (Å²) in [4.78, 5) is 23.3. The molecule has 0 amide bonds. The van der Waals surface area contributed by atoms with E-state index in [9.17, 15) is 19.9 Å². The van der Waals surface area contributed by atoms with Crippen LogP contribution in [0.5, 0.6) is 11.5 Å². The van der Waals surface area contributed by atoms with Gasteiger partial charge in [0.25, 0.3) is 0 Å². The summed E-state index contributed by atoms with van der Waals surface area (Å²) >= 11 is 0. The minimum Gasteiger partial charge on any atom is -0.507 e. The van der Waals surface area contributed by atoms with Gasteiger partial charge in [-0.3, -0.25) is 4.79 Å². The highest BCUT2D eigenvalue weighted by Crippen LogP contribution is 2.46. The number of nitrogens with two attached hydrogens (primary N) is 1. The number of carboxylic acids is 1. The van der Waals surface area contributed by atoms with Gasteiger partial charge in [-0.25, -0.2) is 4.79 Å². The highest BCUT2D eigenvalue weighted by atomic mass is 16.5. The van der Waals surface area contributed by atoms with Crippen LogP contribution in [0.4, 0.5) is 0 Å². The first-order chi connectivity index (χ1) is 16.7. The van der Waals surface area contributed by atoms with Gasteiger partial charge in [0.15, 0.2) is 0 Å². The fraction of sp³-hybridized carbons (Fsp3) is 0.444. The molecule has 0 aliphatic heterocycles. The number of phenols is 1. The van der Waals surface area contributed by atoms with Crippen molar-refractivity contribution in [1.29, 1.82) is 0 Å². The van der Waals surface area contributed by atoms with Crippen LogP contribution in [0.2, 0.25) is 0 Å². The van der Waals surface area contributed by atoms with Gasteiger partial charge < -0.3 is 30.6 Å². The Morgan fingerprint density at radius 2 is 1.69 bits per heavy atom. The molecule has 1 aliphatic carbocycles. The molecule has 1 unspecified atom stereocenters. The topological polar surface area (TPSA) is 152 Å². The molecule has 2 aromatic carbocycles. The lowest BCUT2D eigenvalue weighted by molar-refractivity contribution is -0.144. The number of ether oxygens (including phenoxy) is 2. The van der Waals surface area contributed by atoms with Crippen molar-refractivity contribution in [2.24, 2.45) is 10.9 Å². The average molecular weight is 499 g/mol. The van der Waals surface area contributed by atoms with E-state index in [1.807, 2.05) is 12.1 Å². The van der Waals surface area contributed by atoms with Gasteiger partial charge in [0.05, 0.1) is 0 Å². The molecule has 0 aromatic heterocycles. The minimum atomic E-state index is -1.75. The molecule has 0 saturated carbocycles. The Morgan fingerprint density at radius 3 is 2.28 bits per heavy atom. The molecule has 36 heavy (non-hydrogen) atoms. The van der Waals surface area contributed by atoms with E-state index >= 15 is 0 Å². The van der Waals surface area contributed by atoms with Crippen LogP contribution < -0.4 is 10.5 Å². The van der Waals surface area contributed by atoms with Crippen molar-refractivity contribution in [1.82, 2.24) is 0 Å². The lowest BCUT2D eigenvalue weighted by Crippen LogP contribution is -2.49. The molecule has 0 fully saturated rings. The Kier molecular flexibility index (Phi) is 7.36. The van der Waals surface area contributed by atoms with Gasteiger partial charge in [-0.2, -0.15) is 0 Å². The molecule has 0 heterocycles. The molecule has 3 rings (SSSR count). The Bertz CT molecular complexity index is 1200. The summed E-state index contributed by atoms with van der Waals surface area (Å²) in [7, 11) is 0. The highest BCUT2D eigenvalue weighted by molar-refractivity contribution is 6.01. The third-order valence-corrected chi connectivity index (χ3v) is 6.86. The Balaban J connectivity index is 1.72. The second-order valence-corrected chi connectivity index (χ2v) is 10.8. The summed E-state index contributed by atoms with van der Waals surface area (Å²) in [5.74, 6) is -2.42. The number of fused-ring (bicyclic) bond motifs is 1. The highest BCUT2D eigenvalue weighted by Gasteiger charge is 2.37. The fourth-order valence-electron chi connectivity index (χ4n) is 4.22. The van der Waals surface area contributed by atoms with E-state index in [0.717, 1.165) is 18.4 Å². The number of nitrogens with zero attached hydrogens (tertiary/aromatic N) is 1. The van der Waals surface area contributed by atoms with E-state index in [0.29, 0.717) is 5.71 Å². The van der Waals surface area contributed by atoms with Gasteiger partial charge in [0.1, 0.15) is 41.5 Å². The summed E-state index contributed by atoms with van der Waals surface area (Å²) in [5, 5.41) is 32.4. The molecule has 1 aliphatic rings. The van der Waals surface area contributed by atoms with Gasteiger partial charge in [-0.05, 0) is 59.9 Å². The Labute approximate surface area is 210 Å². The maximum Gasteiger partial charge on any atom is 0.341 e. The number of rotatable bonds is 8. The molecule has 0 saturated heterocycles. The molecule has 5 N–H and O–H groups in total. The van der Waals surface area contributed by atoms with Crippen LogP contribution in [0.25, 0.3) is 0 Å². The number of oxime groups is 1. The third kappa shape index (κ3) is 5.62. The average Bonchev–Trinajstić information content (AvgIpc) is 2.81. The predicted molar refractivity (Wildman–Crippen MR) is 134 cm³/mol. The van der Waals surface area contributed by atoms with Crippen molar-refractivity contribution in [3.63, 3.8) is 0 Å². The van der Waals surface area contributed by atoms with Crippen LogP contribution in [-0.4, -0.2) is 51.8 Å². The Morgan fingerprint density at radius 1 is 1.06 bits per heavy atom. The van der Waals surface area contributed by atoms with E-state index in [1.165, 1.54) is 36.2 Å². The molecule has 2 aromatic rings. The van der Waals surface area contributed by atoms with Crippen LogP contribution >= 0.6 is 0 Å². The zero-order valence-corrected chi connectivity index (χ0v) is 21.3. The van der Waals surface area contributed by atoms with E-state index < -0.39 is 29.8 Å². The zero-order valence-electron chi connectivity index (χ0n) is 21.3. The van der Waals surface area contributed by atoms with Crippen LogP contribution in [0.15, 0.2) is 41.6 Å². The predicted octanol–water partition coefficient (Wildman–Crippen LogP) is 3.96. The first-order valence-corrected chi connectivity index (χ1v) is 11.7. The first-order valence-electron chi connectivity index (χ1n) is 11.7. The van der Waals surface area contributed by atoms with Crippen LogP contribution in [-0.2, 0) is 20.4 Å². The van der Waals surface area contributed by atoms with Crippen molar-refractivity contribution >= 4 is 17.7 Å². The van der Waals surface area contributed by atoms with E-state index in [4.69, 9.17) is 20.3 Å². The maximum atomic E-state index is 12.2. The zero-order chi connectivity index (χ0) is 26.9. The molecular formula is C27H34N2O7. The van der Waals surface area contributed by atoms with E-state index in [2.05, 4.69) is 38.9 Å². The maximum absolute atomic E-state index is 12.2. The molecule has 0 spiro atoms. The molecule has 0 bridgehead atoms. The van der Waals surface area contributed by atoms with Crippen molar-refractivity contribution in [2.45, 2.75) is 63.8 Å². The fourth-order valence-corrected chi connectivity index (χ4v) is 4.22. The van der Waals surface area contributed by atoms with Gasteiger partial charge in [-0.1, -0.05) is 45.0 Å². The van der Waals surface area contributed by atoms with Crippen molar-refractivity contribution in [3.8, 4) is 11.5 Å². The van der Waals surface area contributed by atoms with Gasteiger partial charge in [0.2, 0.25) is 0 Å². The first kappa shape index (κ1) is 27.0. The van der Waals surface area contributed by atoms with Gasteiger partial charge in [0, 0.05) is 11.6 Å². The molecular weight excluding hydrogens is 464 g/mol. The number of aliphatic carboxylic acids is 1. The number of carbonyl (C=O) groups is 2. The lowest BCUT2D eigenvalue weighted by Gasteiger charge is -2.42. The number of benzene rings is 2. The van der Waals surface area contributed by atoms with E-state index in [-0.39, 0.29) is 28.7 Å². The summed E-state index contributed by atoms with van der Waals surface area (Å²) in [6.45, 7) is 9.46. The molecule has 1 atom stereocenters. The molecule has 9 nitrogen and oxygen atoms in total. The Hall–Kier alpha value is -3.59. The number of esters is 1. The summed E-state index contributed by atoms with van der Waals surface area (Å²) in [6.07, 6.45) is 2.14. The normalized spacial score (nSPS) is 18.0. The summed E-state index contributed by atoms with van der Waals surface area (Å²) < 4.78 is 10.6. The molecule has 0 radical (unpaired) electrons. The SMILES string of the molecule is CC(N)(COC(=O)c1ccc(OCC(=NO)c2ccc3c(c2)C(C)(C)CCC3(C)C)cc1O)C(=O)O. The van der Waals surface area contributed by atoms with Crippen LogP contribution in [0.1, 0.15) is 74.5 Å². The number of aromatic hydroxyl groups is 1. The van der Waals surface area contributed by atoms with E-state index in [1.54, 1.807) is 0 Å². The van der Waals surface area contributed by atoms with Gasteiger partial charge >= 0.3 is 11.9 Å². The van der Waals surface area contributed by atoms with Gasteiger partial charge in [-0.15, -0.1) is 0 Å². The number of hydrogen-bond acceptors (Lipinski definition) is 8. The second-order valence-electron chi connectivity index (χ2n) is 10.8. The number of phenolic OH excluding ortho intramolecular Hbond substituents is 1. The summed E-state index contributed by atoms with van der Waals surface area (Å²) in [6, 6.07) is 10.0. The quantitative estimate of drug-likeness (QED) is 0.185. The molecule has 9 heteroatoms. The van der Waals surface area contributed by atoms with Crippen molar-refractivity contribution < 1.29 is 34.5 Å². The van der Waals surface area contributed by atoms with Crippen LogP contribution in [0, 0.1) is 0 Å². The van der Waals surface area contributed by atoms with Crippen molar-refractivity contribution in [3.05, 3.63) is 58.7 Å². The second kappa shape index (κ2) is 9.81. The molecule has 194 valence electrons. The number of hydrogen-bond donors (Lipinski definition) is 4. The monoisotopic (exact) mass is 498 g/mol. The number of carboxylic acid groups (broad SMARTS) is 1. The number of carbonyl (C=O) groups excluding carboxylic acids is 1. The van der Waals surface area contributed by atoms with Crippen LogP contribution in [0.3, 0.4) is 0 Å². The van der Waals surface area contributed by atoms with Crippen molar-refractivity contribution in [2.75, 3.05) is 13.2 Å².